The lowest BCUT2D eigenvalue weighted by Gasteiger charge is -2.06. The first-order chi connectivity index (χ1) is 6.68. The molecule has 0 saturated carbocycles. The van der Waals surface area contributed by atoms with Crippen molar-refractivity contribution >= 4 is 24.0 Å². The first-order valence-corrected chi connectivity index (χ1v) is 5.37. The predicted octanol–water partition coefficient (Wildman–Crippen LogP) is 3.29. The van der Waals surface area contributed by atoms with Gasteiger partial charge in [0.1, 0.15) is 5.15 Å². The lowest BCUT2D eigenvalue weighted by Crippen LogP contribution is -2.16. The van der Waals surface area contributed by atoms with Gasteiger partial charge in [-0.1, -0.05) is 31.5 Å². The van der Waals surface area contributed by atoms with Crippen LogP contribution in [-0.2, 0) is 6.54 Å². The summed E-state index contributed by atoms with van der Waals surface area (Å²) < 4.78 is 0. The molecular formula is C11H18Cl2N2. The van der Waals surface area contributed by atoms with E-state index in [1.54, 1.807) is 0 Å². The van der Waals surface area contributed by atoms with Crippen LogP contribution in [0.4, 0.5) is 0 Å². The smallest absolute Gasteiger partial charge is 0.129 e. The van der Waals surface area contributed by atoms with Crippen molar-refractivity contribution in [3.05, 3.63) is 29.0 Å². The molecule has 0 atom stereocenters. The van der Waals surface area contributed by atoms with Gasteiger partial charge in [0, 0.05) is 12.7 Å². The molecule has 0 amide bonds. The molecule has 1 aromatic heterocycles. The summed E-state index contributed by atoms with van der Waals surface area (Å²) in [4.78, 5) is 4.02. The van der Waals surface area contributed by atoms with Crippen molar-refractivity contribution in [1.29, 1.82) is 0 Å². The third-order valence-electron chi connectivity index (χ3n) is 2.02. The van der Waals surface area contributed by atoms with Crippen molar-refractivity contribution in [2.45, 2.75) is 26.8 Å². The van der Waals surface area contributed by atoms with Gasteiger partial charge in [-0.3, -0.25) is 0 Å². The van der Waals surface area contributed by atoms with E-state index in [1.165, 1.54) is 12.0 Å². The molecule has 0 fully saturated rings. The Kier molecular flexibility index (Phi) is 7.75. The number of halogens is 2. The fourth-order valence-corrected chi connectivity index (χ4v) is 1.25. The zero-order valence-electron chi connectivity index (χ0n) is 9.16. The number of nitrogens with one attached hydrogen (secondary N) is 1. The van der Waals surface area contributed by atoms with E-state index in [0.29, 0.717) is 5.15 Å². The van der Waals surface area contributed by atoms with Crippen molar-refractivity contribution in [2.24, 2.45) is 5.92 Å². The number of nitrogens with zero attached hydrogens (tertiary/aromatic N) is 1. The predicted molar refractivity (Wildman–Crippen MR) is 67.7 cm³/mol. The fraction of sp³-hybridized carbons (Fsp3) is 0.545. The van der Waals surface area contributed by atoms with Crippen LogP contribution in [0, 0.1) is 5.92 Å². The second-order valence-corrected chi connectivity index (χ2v) is 4.24. The van der Waals surface area contributed by atoms with Gasteiger partial charge in [0.05, 0.1) is 0 Å². The highest BCUT2D eigenvalue weighted by Gasteiger charge is 1.95. The van der Waals surface area contributed by atoms with E-state index in [9.17, 15) is 0 Å². The highest BCUT2D eigenvalue weighted by atomic mass is 35.5. The largest absolute Gasteiger partial charge is 0.313 e. The normalized spacial score (nSPS) is 10.1. The first-order valence-electron chi connectivity index (χ1n) is 4.99. The van der Waals surface area contributed by atoms with E-state index in [4.69, 9.17) is 11.6 Å². The van der Waals surface area contributed by atoms with E-state index >= 15 is 0 Å². The van der Waals surface area contributed by atoms with Crippen LogP contribution in [0.2, 0.25) is 5.15 Å². The van der Waals surface area contributed by atoms with Gasteiger partial charge in [0.15, 0.2) is 0 Å². The van der Waals surface area contributed by atoms with Gasteiger partial charge in [-0.25, -0.2) is 4.98 Å². The fourth-order valence-electron chi connectivity index (χ4n) is 1.13. The molecule has 15 heavy (non-hydrogen) atoms. The molecule has 0 aromatic carbocycles. The topological polar surface area (TPSA) is 24.9 Å². The van der Waals surface area contributed by atoms with Gasteiger partial charge in [-0.15, -0.1) is 12.4 Å². The van der Waals surface area contributed by atoms with Crippen LogP contribution in [-0.4, -0.2) is 11.5 Å². The molecule has 1 rings (SSSR count). The van der Waals surface area contributed by atoms with E-state index in [1.807, 2.05) is 18.3 Å². The lowest BCUT2D eigenvalue weighted by molar-refractivity contribution is 0.537. The standard InChI is InChI=1S/C11H17ClN2.ClH/c1-9(2)5-6-13-7-10-3-4-11(12)14-8-10;/h3-4,8-9,13H,5-7H2,1-2H3;1H. The van der Waals surface area contributed by atoms with Crippen LogP contribution >= 0.6 is 24.0 Å². The highest BCUT2D eigenvalue weighted by Crippen LogP contribution is 2.05. The van der Waals surface area contributed by atoms with Crippen molar-refractivity contribution in [3.63, 3.8) is 0 Å². The Bertz CT molecular complexity index is 260. The highest BCUT2D eigenvalue weighted by molar-refractivity contribution is 6.29. The number of pyridine rings is 1. The van der Waals surface area contributed by atoms with Gasteiger partial charge in [-0.05, 0) is 30.5 Å². The molecule has 1 heterocycles. The summed E-state index contributed by atoms with van der Waals surface area (Å²) >= 11 is 5.68. The SMILES string of the molecule is CC(C)CCNCc1ccc(Cl)nc1.Cl. The van der Waals surface area contributed by atoms with Crippen molar-refractivity contribution in [3.8, 4) is 0 Å². The molecule has 0 aliphatic rings. The van der Waals surface area contributed by atoms with Crippen LogP contribution in [0.1, 0.15) is 25.8 Å². The minimum Gasteiger partial charge on any atom is -0.313 e. The number of hydrogen-bond acceptors (Lipinski definition) is 2. The van der Waals surface area contributed by atoms with Crippen molar-refractivity contribution in [2.75, 3.05) is 6.54 Å². The molecule has 0 spiro atoms. The van der Waals surface area contributed by atoms with E-state index in [0.717, 1.165) is 19.0 Å². The van der Waals surface area contributed by atoms with Crippen LogP contribution in [0.25, 0.3) is 0 Å². The number of rotatable bonds is 5. The van der Waals surface area contributed by atoms with Crippen molar-refractivity contribution < 1.29 is 0 Å². The molecule has 86 valence electrons. The van der Waals surface area contributed by atoms with Crippen LogP contribution in [0.15, 0.2) is 18.3 Å². The monoisotopic (exact) mass is 248 g/mol. The summed E-state index contributed by atoms with van der Waals surface area (Å²) in [6.45, 7) is 6.38. The van der Waals surface area contributed by atoms with Gasteiger partial charge >= 0.3 is 0 Å². The Morgan fingerprint density at radius 3 is 2.67 bits per heavy atom. The third kappa shape index (κ3) is 6.72. The summed E-state index contributed by atoms with van der Waals surface area (Å²) in [7, 11) is 0. The molecule has 0 aliphatic carbocycles. The summed E-state index contributed by atoms with van der Waals surface area (Å²) in [6, 6.07) is 3.82. The van der Waals surface area contributed by atoms with Gasteiger partial charge < -0.3 is 5.32 Å². The second kappa shape index (κ2) is 7.91. The Labute approximate surface area is 103 Å². The molecule has 4 heteroatoms. The maximum atomic E-state index is 5.68. The Balaban J connectivity index is 0.00000196. The molecule has 0 saturated heterocycles. The van der Waals surface area contributed by atoms with Crippen LogP contribution < -0.4 is 5.32 Å². The number of aromatic nitrogens is 1. The zero-order chi connectivity index (χ0) is 10.4. The summed E-state index contributed by atoms with van der Waals surface area (Å²) in [5.41, 5.74) is 1.18. The molecule has 2 nitrogen and oxygen atoms in total. The van der Waals surface area contributed by atoms with E-state index < -0.39 is 0 Å². The quantitative estimate of drug-likeness (QED) is 0.639. The Hall–Kier alpha value is -0.310. The molecular weight excluding hydrogens is 231 g/mol. The van der Waals surface area contributed by atoms with Gasteiger partial charge in [-0.2, -0.15) is 0 Å². The number of hydrogen-bond donors (Lipinski definition) is 1. The van der Waals surface area contributed by atoms with Gasteiger partial charge in [0.2, 0.25) is 0 Å². The maximum absolute atomic E-state index is 5.68. The van der Waals surface area contributed by atoms with Crippen LogP contribution in [0.5, 0.6) is 0 Å². The average molecular weight is 249 g/mol. The minimum absolute atomic E-state index is 0. The molecule has 1 N–H and O–H groups in total. The Morgan fingerprint density at radius 1 is 1.40 bits per heavy atom. The minimum atomic E-state index is 0. The molecule has 1 aromatic rings. The average Bonchev–Trinajstić information content (AvgIpc) is 2.15. The van der Waals surface area contributed by atoms with E-state index in [-0.39, 0.29) is 12.4 Å². The molecule has 0 bridgehead atoms. The molecule has 0 aliphatic heterocycles. The first kappa shape index (κ1) is 14.7. The summed E-state index contributed by atoms with van der Waals surface area (Å²) in [5, 5.41) is 3.92. The molecule has 0 unspecified atom stereocenters. The maximum Gasteiger partial charge on any atom is 0.129 e. The molecule has 0 radical (unpaired) electrons. The second-order valence-electron chi connectivity index (χ2n) is 3.85. The third-order valence-corrected chi connectivity index (χ3v) is 2.24. The van der Waals surface area contributed by atoms with Crippen LogP contribution in [0.3, 0.4) is 0 Å². The van der Waals surface area contributed by atoms with Gasteiger partial charge in [0.25, 0.3) is 0 Å². The lowest BCUT2D eigenvalue weighted by atomic mass is 10.1. The summed E-state index contributed by atoms with van der Waals surface area (Å²) in [5.74, 6) is 0.755. The zero-order valence-corrected chi connectivity index (χ0v) is 10.7. The Morgan fingerprint density at radius 2 is 2.13 bits per heavy atom. The summed E-state index contributed by atoms with van der Waals surface area (Å²) in [6.07, 6.45) is 3.02. The van der Waals surface area contributed by atoms with Crippen molar-refractivity contribution in [1.82, 2.24) is 10.3 Å². The van der Waals surface area contributed by atoms with E-state index in [2.05, 4.69) is 24.1 Å².